The zero-order valence-corrected chi connectivity index (χ0v) is 23.3. The van der Waals surface area contributed by atoms with Gasteiger partial charge in [0.15, 0.2) is 11.6 Å². The van der Waals surface area contributed by atoms with Gasteiger partial charge in [0.1, 0.15) is 11.3 Å². The Balaban J connectivity index is 1.15. The van der Waals surface area contributed by atoms with Gasteiger partial charge in [-0.25, -0.2) is 9.07 Å². The Hall–Kier alpha value is -4.10. The highest BCUT2D eigenvalue weighted by atomic mass is 19.1. The first-order chi connectivity index (χ1) is 19.7. The van der Waals surface area contributed by atoms with Crippen molar-refractivity contribution in [2.45, 2.75) is 63.4 Å². The van der Waals surface area contributed by atoms with Crippen LogP contribution in [0.25, 0.3) is 5.69 Å². The quantitative estimate of drug-likeness (QED) is 0.335. The molecule has 214 valence electrons. The van der Waals surface area contributed by atoms with E-state index < -0.39 is 17.3 Å². The number of likely N-dealkylation sites (N-methyl/N-ethyl adjacent to an activating group) is 1. The molecule has 3 aromatic heterocycles. The lowest BCUT2D eigenvalue weighted by Gasteiger charge is -2.31. The fraction of sp³-hybridized carbons (Fsp3) is 0.464. The number of rotatable bonds is 8. The van der Waals surface area contributed by atoms with Gasteiger partial charge in [0.25, 0.3) is 5.91 Å². The molecule has 1 aliphatic heterocycles. The van der Waals surface area contributed by atoms with Crippen molar-refractivity contribution in [3.8, 4) is 11.4 Å². The van der Waals surface area contributed by atoms with Crippen molar-refractivity contribution in [1.29, 1.82) is 0 Å². The third kappa shape index (κ3) is 4.49. The van der Waals surface area contributed by atoms with Crippen molar-refractivity contribution in [2.24, 2.45) is 0 Å². The second-order valence-electron chi connectivity index (χ2n) is 11.6. The molecule has 12 nitrogen and oxygen atoms in total. The molecule has 2 aliphatic carbocycles. The van der Waals surface area contributed by atoms with Gasteiger partial charge < -0.3 is 15.2 Å². The molecule has 0 bridgehead atoms. The predicted molar refractivity (Wildman–Crippen MR) is 144 cm³/mol. The van der Waals surface area contributed by atoms with E-state index in [0.717, 1.165) is 31.6 Å². The van der Waals surface area contributed by atoms with Gasteiger partial charge in [-0.15, -0.1) is 5.10 Å². The van der Waals surface area contributed by atoms with Crippen molar-refractivity contribution in [2.75, 3.05) is 20.7 Å². The van der Waals surface area contributed by atoms with Gasteiger partial charge in [0.05, 0.1) is 53.7 Å². The highest BCUT2D eigenvalue weighted by Gasteiger charge is 2.50. The number of aliphatic hydroxyl groups is 1. The molecule has 4 heterocycles. The predicted octanol–water partition coefficient (Wildman–Crippen LogP) is 2.01. The average Bonchev–Trinajstić information content (AvgIpc) is 3.67. The van der Waals surface area contributed by atoms with Crippen LogP contribution in [0.5, 0.6) is 5.75 Å². The summed E-state index contributed by atoms with van der Waals surface area (Å²) in [6.07, 6.45) is 6.62. The van der Waals surface area contributed by atoms with Gasteiger partial charge in [-0.05, 0) is 57.9 Å². The number of ether oxygens (including phenoxy) is 1. The number of aromatic nitrogens is 7. The maximum atomic E-state index is 15.4. The fourth-order valence-electron chi connectivity index (χ4n) is 5.88. The first-order valence-electron chi connectivity index (χ1n) is 13.8. The van der Waals surface area contributed by atoms with E-state index in [-0.39, 0.29) is 29.0 Å². The first-order valence-corrected chi connectivity index (χ1v) is 13.8. The molecule has 1 spiro atoms. The standard InChI is InChI=1S/C28H32FN9O3/c1-17-12-37(34-31-17)22-4-5-23(41-3)24(29)20(22)11-30-26(39)21-15-36(33-25(21)28(40)8-9-28)13-18-10-19-14-35(2)16-27(6-7-27)38(19)32-18/h4-5,10,12,15,40H,6-9,11,13-14,16H2,1-3H3,(H,30,39). The number of nitrogens with one attached hydrogen (secondary N) is 1. The molecular weight excluding hydrogens is 529 g/mol. The maximum Gasteiger partial charge on any atom is 0.255 e. The van der Waals surface area contributed by atoms with E-state index >= 15 is 4.39 Å². The molecule has 2 saturated carbocycles. The first kappa shape index (κ1) is 25.8. The summed E-state index contributed by atoms with van der Waals surface area (Å²) in [5, 5.41) is 31.4. The highest BCUT2D eigenvalue weighted by Crippen LogP contribution is 2.47. The Labute approximate surface area is 235 Å². The zero-order chi connectivity index (χ0) is 28.5. The summed E-state index contributed by atoms with van der Waals surface area (Å²) in [6.45, 7) is 3.85. The number of hydrogen-bond acceptors (Lipinski definition) is 8. The molecule has 4 aromatic rings. The topological polar surface area (TPSA) is 128 Å². The van der Waals surface area contributed by atoms with Crippen molar-refractivity contribution in [3.05, 3.63) is 70.3 Å². The molecule has 0 saturated heterocycles. The Morgan fingerprint density at radius 3 is 2.68 bits per heavy atom. The van der Waals surface area contributed by atoms with Crippen LogP contribution < -0.4 is 10.1 Å². The smallest absolute Gasteiger partial charge is 0.255 e. The summed E-state index contributed by atoms with van der Waals surface area (Å²) in [5.74, 6) is -1.01. The summed E-state index contributed by atoms with van der Waals surface area (Å²) in [7, 11) is 3.51. The van der Waals surface area contributed by atoms with Crippen LogP contribution in [-0.2, 0) is 30.8 Å². The number of aryl methyl sites for hydroxylation is 1. The van der Waals surface area contributed by atoms with Crippen molar-refractivity contribution in [1.82, 2.24) is 44.8 Å². The van der Waals surface area contributed by atoms with Gasteiger partial charge in [-0.3, -0.25) is 19.1 Å². The number of halogens is 1. The third-order valence-electron chi connectivity index (χ3n) is 8.28. The number of fused-ring (bicyclic) bond motifs is 2. The van der Waals surface area contributed by atoms with Gasteiger partial charge in [-0.2, -0.15) is 10.2 Å². The molecule has 2 N–H and O–H groups in total. The molecule has 0 unspecified atom stereocenters. The van der Waals surface area contributed by atoms with Crippen LogP contribution >= 0.6 is 0 Å². The highest BCUT2D eigenvalue weighted by molar-refractivity contribution is 5.95. The van der Waals surface area contributed by atoms with Crippen LogP contribution in [0.4, 0.5) is 4.39 Å². The van der Waals surface area contributed by atoms with Crippen LogP contribution in [0.3, 0.4) is 0 Å². The Bertz CT molecular complexity index is 1660. The maximum absolute atomic E-state index is 15.4. The lowest BCUT2D eigenvalue weighted by molar-refractivity contribution is 0.0936. The van der Waals surface area contributed by atoms with Gasteiger partial charge in [0, 0.05) is 31.4 Å². The monoisotopic (exact) mass is 561 g/mol. The summed E-state index contributed by atoms with van der Waals surface area (Å²) in [6, 6.07) is 5.28. The van der Waals surface area contributed by atoms with Crippen LogP contribution in [0.15, 0.2) is 30.6 Å². The molecule has 0 atom stereocenters. The van der Waals surface area contributed by atoms with E-state index in [9.17, 15) is 9.90 Å². The van der Waals surface area contributed by atoms with E-state index in [1.54, 1.807) is 30.1 Å². The number of methoxy groups -OCH3 is 1. The lowest BCUT2D eigenvalue weighted by Crippen LogP contribution is -2.40. The zero-order valence-electron chi connectivity index (χ0n) is 23.3. The second-order valence-corrected chi connectivity index (χ2v) is 11.6. The molecule has 3 aliphatic rings. The third-order valence-corrected chi connectivity index (χ3v) is 8.28. The van der Waals surface area contributed by atoms with Gasteiger partial charge >= 0.3 is 0 Å². The summed E-state index contributed by atoms with van der Waals surface area (Å²) in [5.41, 5.74) is 2.88. The Morgan fingerprint density at radius 2 is 2.00 bits per heavy atom. The van der Waals surface area contributed by atoms with E-state index in [4.69, 9.17) is 9.84 Å². The van der Waals surface area contributed by atoms with Crippen LogP contribution in [0.1, 0.15) is 64.4 Å². The number of carbonyl (C=O) groups excluding carboxylic acids is 1. The fourth-order valence-corrected chi connectivity index (χ4v) is 5.88. The van der Waals surface area contributed by atoms with Crippen molar-refractivity contribution >= 4 is 5.91 Å². The van der Waals surface area contributed by atoms with E-state index in [1.165, 1.54) is 23.6 Å². The molecule has 2 fully saturated rings. The molecule has 0 radical (unpaired) electrons. The molecule has 41 heavy (non-hydrogen) atoms. The summed E-state index contributed by atoms with van der Waals surface area (Å²) < 4.78 is 25.8. The van der Waals surface area contributed by atoms with Crippen molar-refractivity contribution in [3.63, 3.8) is 0 Å². The Kier molecular flexibility index (Phi) is 5.81. The molecular formula is C28H32FN9O3. The molecule has 1 aromatic carbocycles. The van der Waals surface area contributed by atoms with E-state index in [2.05, 4.69) is 43.4 Å². The minimum absolute atomic E-state index is 0.0533. The second kappa shape index (κ2) is 9.21. The Morgan fingerprint density at radius 1 is 1.20 bits per heavy atom. The van der Waals surface area contributed by atoms with Crippen LogP contribution in [-0.4, -0.2) is 71.2 Å². The lowest BCUT2D eigenvalue weighted by atomic mass is 10.1. The summed E-state index contributed by atoms with van der Waals surface area (Å²) in [4.78, 5) is 15.8. The number of carbonyl (C=O) groups is 1. The molecule has 1 amide bonds. The van der Waals surface area contributed by atoms with Crippen molar-refractivity contribution < 1.29 is 19.0 Å². The SMILES string of the molecule is COc1ccc(-n2cc(C)nn2)c(CNC(=O)c2cn(Cc3cc4n(n3)C3(CC3)CN(C)C4)nc2C2(O)CC2)c1F. The molecule has 13 heteroatoms. The number of hydrogen-bond donors (Lipinski definition) is 2. The molecule has 7 rings (SSSR count). The van der Waals surface area contributed by atoms with Crippen LogP contribution in [0, 0.1) is 12.7 Å². The number of amides is 1. The van der Waals surface area contributed by atoms with Crippen LogP contribution in [0.2, 0.25) is 0 Å². The van der Waals surface area contributed by atoms with E-state index in [0.29, 0.717) is 36.5 Å². The minimum atomic E-state index is -1.14. The number of nitrogens with zero attached hydrogens (tertiary/aromatic N) is 8. The van der Waals surface area contributed by atoms with Gasteiger partial charge in [0.2, 0.25) is 0 Å². The largest absolute Gasteiger partial charge is 0.494 e. The minimum Gasteiger partial charge on any atom is -0.494 e. The van der Waals surface area contributed by atoms with Gasteiger partial charge in [-0.1, -0.05) is 5.21 Å². The number of benzene rings is 1. The summed E-state index contributed by atoms with van der Waals surface area (Å²) >= 11 is 0. The average molecular weight is 562 g/mol. The van der Waals surface area contributed by atoms with E-state index in [1.807, 2.05) is 0 Å². The normalized spacial score (nSPS) is 18.4.